The van der Waals surface area contributed by atoms with Crippen LogP contribution in [0.15, 0.2) is 0 Å². The van der Waals surface area contributed by atoms with Gasteiger partial charge >= 0.3 is 0 Å². The van der Waals surface area contributed by atoms with Crippen LogP contribution in [0.3, 0.4) is 0 Å². The fourth-order valence-electron chi connectivity index (χ4n) is 5.46. The molecule has 4 aliphatic carbocycles. The molecule has 5 rings (SSSR count). The Balaban J connectivity index is 1.60. The standard InChI is InChI=1S/C16H20N2S/c1-10-14(9-17)19-15(18-10)8-16-5-11-2-12(6-16)4-13(3-11)7-16/h11-13H,2-8H2,1H3. The van der Waals surface area contributed by atoms with E-state index in [2.05, 4.69) is 11.1 Å². The fourth-order valence-corrected chi connectivity index (χ4v) is 6.49. The molecule has 0 spiro atoms. The average molecular weight is 272 g/mol. The van der Waals surface area contributed by atoms with Crippen LogP contribution in [-0.2, 0) is 6.42 Å². The molecular weight excluding hydrogens is 252 g/mol. The van der Waals surface area contributed by atoms with E-state index in [0.29, 0.717) is 5.41 Å². The summed E-state index contributed by atoms with van der Waals surface area (Å²) >= 11 is 1.64. The summed E-state index contributed by atoms with van der Waals surface area (Å²) in [5, 5.41) is 10.3. The van der Waals surface area contributed by atoms with Gasteiger partial charge < -0.3 is 0 Å². The van der Waals surface area contributed by atoms with Crippen LogP contribution in [0.25, 0.3) is 0 Å². The molecule has 100 valence electrons. The largest absolute Gasteiger partial charge is 0.245 e. The summed E-state index contributed by atoms with van der Waals surface area (Å²) in [6.45, 7) is 1.97. The molecule has 0 aliphatic heterocycles. The Morgan fingerprint density at radius 3 is 2.26 bits per heavy atom. The fraction of sp³-hybridized carbons (Fsp3) is 0.750. The minimum absolute atomic E-state index is 0.547. The number of thiazole rings is 1. The third-order valence-electron chi connectivity index (χ3n) is 5.63. The molecule has 0 aromatic carbocycles. The third-order valence-corrected chi connectivity index (χ3v) is 6.70. The van der Waals surface area contributed by atoms with E-state index >= 15 is 0 Å². The number of aryl methyl sites for hydroxylation is 1. The lowest BCUT2D eigenvalue weighted by Gasteiger charge is -2.56. The molecule has 4 saturated carbocycles. The lowest BCUT2D eigenvalue weighted by Crippen LogP contribution is -2.47. The Bertz CT molecular complexity index is 516. The van der Waals surface area contributed by atoms with Crippen LogP contribution >= 0.6 is 11.3 Å². The Labute approximate surface area is 118 Å². The van der Waals surface area contributed by atoms with Gasteiger partial charge in [-0.05, 0) is 68.6 Å². The number of hydrogen-bond donors (Lipinski definition) is 0. The molecule has 0 saturated heterocycles. The van der Waals surface area contributed by atoms with Gasteiger partial charge in [-0.25, -0.2) is 4.98 Å². The van der Waals surface area contributed by atoms with Crippen molar-refractivity contribution in [3.8, 4) is 6.07 Å². The average Bonchev–Trinajstić information content (AvgIpc) is 2.66. The molecule has 0 N–H and O–H groups in total. The maximum Gasteiger partial charge on any atom is 0.127 e. The summed E-state index contributed by atoms with van der Waals surface area (Å²) in [5.74, 6) is 3.01. The second-order valence-corrected chi connectivity index (χ2v) is 8.31. The van der Waals surface area contributed by atoms with Gasteiger partial charge in [0.15, 0.2) is 0 Å². The summed E-state index contributed by atoms with van der Waals surface area (Å²) in [7, 11) is 0. The van der Waals surface area contributed by atoms with E-state index in [1.165, 1.54) is 43.5 Å². The highest BCUT2D eigenvalue weighted by Gasteiger charge is 2.50. The van der Waals surface area contributed by atoms with Crippen molar-refractivity contribution in [2.75, 3.05) is 0 Å². The van der Waals surface area contributed by atoms with Crippen molar-refractivity contribution in [1.29, 1.82) is 5.26 Å². The van der Waals surface area contributed by atoms with E-state index in [0.717, 1.165) is 34.7 Å². The maximum atomic E-state index is 9.08. The molecule has 3 heteroatoms. The highest BCUT2D eigenvalue weighted by Crippen LogP contribution is 2.61. The molecule has 4 bridgehead atoms. The summed E-state index contributed by atoms with van der Waals surface area (Å²) in [6.07, 6.45) is 9.93. The maximum absolute atomic E-state index is 9.08. The van der Waals surface area contributed by atoms with Crippen LogP contribution in [-0.4, -0.2) is 4.98 Å². The lowest BCUT2D eigenvalue weighted by atomic mass is 9.49. The van der Waals surface area contributed by atoms with Gasteiger partial charge in [0.25, 0.3) is 0 Å². The van der Waals surface area contributed by atoms with Crippen molar-refractivity contribution in [1.82, 2.24) is 4.98 Å². The molecule has 0 amide bonds. The van der Waals surface area contributed by atoms with Crippen LogP contribution in [0.2, 0.25) is 0 Å². The van der Waals surface area contributed by atoms with Gasteiger partial charge in [-0.2, -0.15) is 5.26 Å². The van der Waals surface area contributed by atoms with E-state index in [9.17, 15) is 0 Å². The molecule has 0 radical (unpaired) electrons. The number of nitriles is 1. The van der Waals surface area contributed by atoms with Gasteiger partial charge in [0, 0.05) is 6.42 Å². The van der Waals surface area contributed by atoms with Crippen molar-refractivity contribution < 1.29 is 0 Å². The molecule has 0 unspecified atom stereocenters. The Kier molecular flexibility index (Phi) is 2.54. The van der Waals surface area contributed by atoms with Gasteiger partial charge in [-0.15, -0.1) is 11.3 Å². The van der Waals surface area contributed by atoms with Gasteiger partial charge in [0.2, 0.25) is 0 Å². The minimum Gasteiger partial charge on any atom is -0.245 e. The van der Waals surface area contributed by atoms with E-state index in [1.807, 2.05) is 6.92 Å². The number of nitrogens with zero attached hydrogens (tertiary/aromatic N) is 2. The highest BCUT2D eigenvalue weighted by molar-refractivity contribution is 7.12. The third kappa shape index (κ3) is 1.92. The quantitative estimate of drug-likeness (QED) is 0.813. The molecule has 1 aromatic heterocycles. The Morgan fingerprint density at radius 2 is 1.79 bits per heavy atom. The van der Waals surface area contributed by atoms with Gasteiger partial charge in [0.05, 0.1) is 10.7 Å². The first kappa shape index (κ1) is 11.9. The molecule has 4 fully saturated rings. The normalized spacial score (nSPS) is 39.5. The van der Waals surface area contributed by atoms with Crippen LogP contribution in [0.1, 0.15) is 54.1 Å². The SMILES string of the molecule is Cc1nc(CC23CC4CC(CC(C4)C2)C3)sc1C#N. The minimum atomic E-state index is 0.547. The predicted molar refractivity (Wildman–Crippen MR) is 75.9 cm³/mol. The Morgan fingerprint density at radius 1 is 1.21 bits per heavy atom. The number of aromatic nitrogens is 1. The number of hydrogen-bond acceptors (Lipinski definition) is 3. The highest BCUT2D eigenvalue weighted by atomic mass is 32.1. The van der Waals surface area contributed by atoms with E-state index in [1.54, 1.807) is 11.3 Å². The second kappa shape index (κ2) is 4.06. The van der Waals surface area contributed by atoms with E-state index < -0.39 is 0 Å². The molecule has 4 aliphatic rings. The Hall–Kier alpha value is -0.880. The summed E-state index contributed by atoms with van der Waals surface area (Å²) < 4.78 is 0. The van der Waals surface area contributed by atoms with Gasteiger partial charge in [0.1, 0.15) is 10.9 Å². The van der Waals surface area contributed by atoms with Crippen LogP contribution in [0.4, 0.5) is 0 Å². The first-order valence-corrected chi connectivity index (χ1v) is 8.34. The zero-order chi connectivity index (χ0) is 13.0. The smallest absolute Gasteiger partial charge is 0.127 e. The predicted octanol–water partition coefficient (Wildman–Crippen LogP) is 4.08. The molecular formula is C16H20N2S. The summed E-state index contributed by atoms with van der Waals surface area (Å²) in [5.41, 5.74) is 1.48. The molecule has 2 nitrogen and oxygen atoms in total. The summed E-state index contributed by atoms with van der Waals surface area (Å²) in [6, 6.07) is 2.28. The van der Waals surface area contributed by atoms with Crippen molar-refractivity contribution >= 4 is 11.3 Å². The molecule has 1 heterocycles. The zero-order valence-electron chi connectivity index (χ0n) is 11.5. The van der Waals surface area contributed by atoms with Crippen LogP contribution < -0.4 is 0 Å². The monoisotopic (exact) mass is 272 g/mol. The van der Waals surface area contributed by atoms with Crippen molar-refractivity contribution in [3.63, 3.8) is 0 Å². The molecule has 1 aromatic rings. The van der Waals surface area contributed by atoms with Crippen LogP contribution in [0.5, 0.6) is 0 Å². The molecule has 0 atom stereocenters. The van der Waals surface area contributed by atoms with Crippen molar-refractivity contribution in [3.05, 3.63) is 15.6 Å². The van der Waals surface area contributed by atoms with Gasteiger partial charge in [-0.3, -0.25) is 0 Å². The summed E-state index contributed by atoms with van der Waals surface area (Å²) in [4.78, 5) is 5.47. The van der Waals surface area contributed by atoms with Crippen molar-refractivity contribution in [2.45, 2.75) is 51.9 Å². The van der Waals surface area contributed by atoms with E-state index in [-0.39, 0.29) is 0 Å². The zero-order valence-corrected chi connectivity index (χ0v) is 12.3. The van der Waals surface area contributed by atoms with Crippen LogP contribution in [0, 0.1) is 41.4 Å². The lowest BCUT2D eigenvalue weighted by molar-refractivity contribution is -0.0522. The first-order valence-electron chi connectivity index (χ1n) is 7.52. The van der Waals surface area contributed by atoms with E-state index in [4.69, 9.17) is 5.26 Å². The molecule has 19 heavy (non-hydrogen) atoms. The second-order valence-electron chi connectivity index (χ2n) is 7.23. The first-order chi connectivity index (χ1) is 9.16. The van der Waals surface area contributed by atoms with Crippen molar-refractivity contribution in [2.24, 2.45) is 23.2 Å². The number of rotatable bonds is 2. The topological polar surface area (TPSA) is 36.7 Å². The van der Waals surface area contributed by atoms with Gasteiger partial charge in [-0.1, -0.05) is 0 Å².